The molecule has 0 bridgehead atoms. The number of amides is 2. The van der Waals surface area contributed by atoms with Crippen LogP contribution in [0.15, 0.2) is 24.3 Å². The number of anilines is 1. The topological polar surface area (TPSA) is 108 Å². The van der Waals surface area contributed by atoms with E-state index < -0.39 is 12.0 Å². The van der Waals surface area contributed by atoms with Gasteiger partial charge in [0.05, 0.1) is 18.7 Å². The Hall–Kier alpha value is -2.88. The summed E-state index contributed by atoms with van der Waals surface area (Å²) in [6.45, 7) is 5.71. The van der Waals surface area contributed by atoms with Crippen molar-refractivity contribution in [2.45, 2.75) is 46.1 Å². The number of hydrogen-bond acceptors (Lipinski definition) is 5. The number of benzene rings is 1. The van der Waals surface area contributed by atoms with Crippen molar-refractivity contribution in [3.05, 3.63) is 29.8 Å². The van der Waals surface area contributed by atoms with Crippen LogP contribution in [0.4, 0.5) is 5.69 Å². The molecule has 0 radical (unpaired) electrons. The van der Waals surface area contributed by atoms with Gasteiger partial charge in [0.15, 0.2) is 0 Å². The van der Waals surface area contributed by atoms with Crippen LogP contribution < -0.4 is 10.6 Å². The number of methoxy groups -OCH3 is 1. The number of nitriles is 1. The van der Waals surface area contributed by atoms with Crippen LogP contribution in [0.1, 0.15) is 45.6 Å². The van der Waals surface area contributed by atoms with E-state index in [1.165, 1.54) is 7.11 Å². The van der Waals surface area contributed by atoms with Crippen LogP contribution >= 0.6 is 0 Å². The summed E-state index contributed by atoms with van der Waals surface area (Å²) in [4.78, 5) is 36.1. The normalized spacial score (nSPS) is 12.6. The molecule has 2 N–H and O–H groups in total. The summed E-state index contributed by atoms with van der Waals surface area (Å²) in [5.41, 5.74) is 1.11. The lowest BCUT2D eigenvalue weighted by Crippen LogP contribution is -2.42. The van der Waals surface area contributed by atoms with Crippen molar-refractivity contribution in [2.24, 2.45) is 11.8 Å². The van der Waals surface area contributed by atoms with Crippen LogP contribution in [0.3, 0.4) is 0 Å². The van der Waals surface area contributed by atoms with Crippen molar-refractivity contribution in [1.29, 1.82) is 5.26 Å². The summed E-state index contributed by atoms with van der Waals surface area (Å²) in [5, 5.41) is 14.2. The number of esters is 1. The minimum Gasteiger partial charge on any atom is -0.467 e. The van der Waals surface area contributed by atoms with Gasteiger partial charge in [0.25, 0.3) is 0 Å². The first kappa shape index (κ1) is 22.2. The Morgan fingerprint density at radius 2 is 1.67 bits per heavy atom. The zero-order chi connectivity index (χ0) is 20.4. The number of hydrogen-bond donors (Lipinski definition) is 2. The van der Waals surface area contributed by atoms with Crippen molar-refractivity contribution >= 4 is 23.5 Å². The quantitative estimate of drug-likeness (QED) is 0.647. The Bertz CT molecular complexity index is 692. The van der Waals surface area contributed by atoms with Crippen molar-refractivity contribution < 1.29 is 19.1 Å². The molecule has 2 atom stereocenters. The van der Waals surface area contributed by atoms with E-state index in [1.54, 1.807) is 31.2 Å². The average Bonchev–Trinajstić information content (AvgIpc) is 2.60. The van der Waals surface area contributed by atoms with Crippen molar-refractivity contribution in [3.63, 3.8) is 0 Å². The number of ether oxygens (including phenoxy) is 1. The Morgan fingerprint density at radius 3 is 2.19 bits per heavy atom. The minimum absolute atomic E-state index is 0.131. The number of rotatable bonds is 9. The molecule has 0 saturated carbocycles. The smallest absolute Gasteiger partial charge is 0.328 e. The largest absolute Gasteiger partial charge is 0.467 e. The molecular formula is C20H27N3O4. The highest BCUT2D eigenvalue weighted by Gasteiger charge is 2.23. The van der Waals surface area contributed by atoms with Gasteiger partial charge in [0, 0.05) is 18.5 Å². The van der Waals surface area contributed by atoms with Crippen LogP contribution in [0.25, 0.3) is 0 Å². The molecule has 0 spiro atoms. The lowest BCUT2D eigenvalue weighted by atomic mass is 10.0. The van der Waals surface area contributed by atoms with E-state index in [4.69, 9.17) is 10.00 Å². The second kappa shape index (κ2) is 11.0. The van der Waals surface area contributed by atoms with Gasteiger partial charge in [-0.3, -0.25) is 9.59 Å². The highest BCUT2D eigenvalue weighted by molar-refractivity contribution is 5.91. The molecule has 146 valence electrons. The number of carbonyl (C=O) groups is 3. The van der Waals surface area contributed by atoms with Crippen LogP contribution in [-0.4, -0.2) is 30.9 Å². The van der Waals surface area contributed by atoms with Gasteiger partial charge in [-0.2, -0.15) is 5.26 Å². The average molecular weight is 373 g/mol. The van der Waals surface area contributed by atoms with E-state index in [1.807, 2.05) is 19.9 Å². The Labute approximate surface area is 160 Å². The predicted molar refractivity (Wildman–Crippen MR) is 102 cm³/mol. The highest BCUT2D eigenvalue weighted by atomic mass is 16.5. The van der Waals surface area contributed by atoms with Crippen LogP contribution in [0.5, 0.6) is 0 Å². The zero-order valence-corrected chi connectivity index (χ0v) is 16.2. The highest BCUT2D eigenvalue weighted by Crippen LogP contribution is 2.13. The molecule has 1 aromatic carbocycles. The lowest BCUT2D eigenvalue weighted by molar-refractivity contribution is -0.145. The van der Waals surface area contributed by atoms with E-state index in [2.05, 4.69) is 10.6 Å². The van der Waals surface area contributed by atoms with Crippen molar-refractivity contribution in [3.8, 4) is 6.07 Å². The summed E-state index contributed by atoms with van der Waals surface area (Å²) in [7, 11) is 1.29. The van der Waals surface area contributed by atoms with E-state index >= 15 is 0 Å². The third-order valence-electron chi connectivity index (χ3n) is 3.89. The molecule has 0 saturated heterocycles. The molecule has 0 fully saturated rings. The van der Waals surface area contributed by atoms with Gasteiger partial charge in [-0.1, -0.05) is 20.8 Å². The Balaban J connectivity index is 2.50. The molecule has 7 heteroatoms. The van der Waals surface area contributed by atoms with Crippen molar-refractivity contribution in [2.75, 3.05) is 12.4 Å². The fourth-order valence-corrected chi connectivity index (χ4v) is 2.63. The molecule has 0 aromatic heterocycles. The first-order valence-corrected chi connectivity index (χ1v) is 8.92. The minimum atomic E-state index is -0.679. The first-order chi connectivity index (χ1) is 12.7. The van der Waals surface area contributed by atoms with Gasteiger partial charge in [0.1, 0.15) is 6.04 Å². The van der Waals surface area contributed by atoms with Crippen LogP contribution in [-0.2, 0) is 19.1 Å². The molecule has 0 aliphatic carbocycles. The molecule has 1 rings (SSSR count). The lowest BCUT2D eigenvalue weighted by Gasteiger charge is -2.19. The first-order valence-electron chi connectivity index (χ1n) is 8.92. The van der Waals surface area contributed by atoms with Crippen LogP contribution in [0.2, 0.25) is 0 Å². The predicted octanol–water partition coefficient (Wildman–Crippen LogP) is 2.62. The zero-order valence-electron chi connectivity index (χ0n) is 16.2. The maximum absolute atomic E-state index is 12.2. The molecule has 2 amide bonds. The number of nitrogens with one attached hydrogen (secondary N) is 2. The maximum Gasteiger partial charge on any atom is 0.328 e. The third-order valence-corrected chi connectivity index (χ3v) is 3.89. The molecule has 0 heterocycles. The number of carbonyl (C=O) groups excluding carboxylic acids is 3. The molecular weight excluding hydrogens is 346 g/mol. The monoisotopic (exact) mass is 373 g/mol. The second-order valence-electron chi connectivity index (χ2n) is 7.02. The van der Waals surface area contributed by atoms with E-state index in [0.717, 1.165) is 0 Å². The summed E-state index contributed by atoms with van der Waals surface area (Å²) >= 11 is 0. The van der Waals surface area contributed by atoms with Gasteiger partial charge in [-0.15, -0.1) is 0 Å². The van der Waals surface area contributed by atoms with Gasteiger partial charge in [-0.25, -0.2) is 4.79 Å². The molecule has 27 heavy (non-hydrogen) atoms. The second-order valence-corrected chi connectivity index (χ2v) is 7.02. The standard InChI is InChI=1S/C20H27N3O4/c1-13(2)9-17(20(26)27-4)23-19(25)11-14(3)10-18(24)22-16-7-5-15(12-21)6-8-16/h5-8,13-14,17H,9-11H2,1-4H3,(H,22,24)(H,23,25)/t14-,17+/m1/s1. The fraction of sp³-hybridized carbons (Fsp3) is 0.500. The van der Waals surface area contributed by atoms with Crippen molar-refractivity contribution in [1.82, 2.24) is 5.32 Å². The Kier molecular flexibility index (Phi) is 9.00. The van der Waals surface area contributed by atoms with Crippen LogP contribution in [0, 0.1) is 23.2 Å². The van der Waals surface area contributed by atoms with E-state index in [-0.39, 0.29) is 36.5 Å². The molecule has 0 aliphatic heterocycles. The summed E-state index contributed by atoms with van der Waals surface area (Å²) in [6.07, 6.45) is 0.791. The SMILES string of the molecule is COC(=O)[C@H](CC(C)C)NC(=O)C[C@H](C)CC(=O)Nc1ccc(C#N)cc1. The fourth-order valence-electron chi connectivity index (χ4n) is 2.63. The summed E-state index contributed by atoms with van der Waals surface area (Å²) < 4.78 is 4.73. The molecule has 7 nitrogen and oxygen atoms in total. The molecule has 0 aliphatic rings. The van der Waals surface area contributed by atoms with Gasteiger partial charge in [0.2, 0.25) is 11.8 Å². The van der Waals surface area contributed by atoms with E-state index in [0.29, 0.717) is 17.7 Å². The molecule has 1 aromatic rings. The summed E-state index contributed by atoms with van der Waals surface area (Å²) in [6, 6.07) is 7.88. The van der Waals surface area contributed by atoms with E-state index in [9.17, 15) is 14.4 Å². The Morgan fingerprint density at radius 1 is 1.07 bits per heavy atom. The van der Waals surface area contributed by atoms with Gasteiger partial charge >= 0.3 is 5.97 Å². The number of nitrogens with zero attached hydrogens (tertiary/aromatic N) is 1. The third kappa shape index (κ3) is 8.36. The maximum atomic E-state index is 12.2. The molecule has 0 unspecified atom stereocenters. The van der Waals surface area contributed by atoms with Gasteiger partial charge in [-0.05, 0) is 42.5 Å². The van der Waals surface area contributed by atoms with Gasteiger partial charge < -0.3 is 15.4 Å². The summed E-state index contributed by atoms with van der Waals surface area (Å²) in [5.74, 6) is -0.939.